The molecule has 2 fully saturated rings. The Morgan fingerprint density at radius 2 is 2.19 bits per heavy atom. The molecule has 1 aromatic rings. The van der Waals surface area contributed by atoms with Crippen LogP contribution in [0.5, 0.6) is 0 Å². The summed E-state index contributed by atoms with van der Waals surface area (Å²) in [5.41, 5.74) is 6.58. The number of anilines is 1. The zero-order valence-electron chi connectivity index (χ0n) is 13.5. The minimum absolute atomic E-state index is 0.0229. The molecule has 0 bridgehead atoms. The topological polar surface area (TPSA) is 126 Å². The van der Waals surface area contributed by atoms with E-state index in [0.717, 1.165) is 12.8 Å². The summed E-state index contributed by atoms with van der Waals surface area (Å²) in [7, 11) is 0. The maximum atomic E-state index is 12.8. The van der Waals surface area contributed by atoms with Crippen LogP contribution in [-0.4, -0.2) is 49.9 Å². The van der Waals surface area contributed by atoms with E-state index in [4.69, 9.17) is 5.73 Å². The third-order valence-electron chi connectivity index (χ3n) is 4.42. The van der Waals surface area contributed by atoms with E-state index in [1.807, 2.05) is 6.08 Å². The van der Waals surface area contributed by atoms with E-state index in [1.54, 1.807) is 5.38 Å². The second kappa shape index (κ2) is 6.44. The van der Waals surface area contributed by atoms with Crippen molar-refractivity contribution in [1.29, 1.82) is 0 Å². The number of nitrogens with zero attached hydrogens (tertiary/aromatic N) is 2. The first-order chi connectivity index (χ1) is 12.5. The van der Waals surface area contributed by atoms with Crippen molar-refractivity contribution in [1.82, 2.24) is 15.2 Å². The van der Waals surface area contributed by atoms with Crippen LogP contribution in [-0.2, 0) is 14.4 Å². The van der Waals surface area contributed by atoms with Crippen LogP contribution >= 0.6 is 23.1 Å². The largest absolute Gasteiger partial charge is 0.477 e. The highest BCUT2D eigenvalue weighted by molar-refractivity contribution is 8.00. The van der Waals surface area contributed by atoms with E-state index in [-0.39, 0.29) is 11.6 Å². The SMILES string of the molecule is Nc1nc(/C(=C/C2CC2)C(=O)N[C@@H]2C(=O)N3C(C(=O)O)=CCS[C@H]23)cs1. The van der Waals surface area contributed by atoms with Gasteiger partial charge >= 0.3 is 5.97 Å². The van der Waals surface area contributed by atoms with Gasteiger partial charge in [0.1, 0.15) is 17.1 Å². The Morgan fingerprint density at radius 1 is 1.42 bits per heavy atom. The third kappa shape index (κ3) is 2.99. The Morgan fingerprint density at radius 3 is 2.81 bits per heavy atom. The average Bonchev–Trinajstić information content (AvgIpc) is 3.35. The summed E-state index contributed by atoms with van der Waals surface area (Å²) < 4.78 is 0. The Kier molecular flexibility index (Phi) is 4.23. The van der Waals surface area contributed by atoms with Crippen molar-refractivity contribution in [3.8, 4) is 0 Å². The molecule has 1 aromatic heterocycles. The molecule has 8 nitrogen and oxygen atoms in total. The second-order valence-electron chi connectivity index (χ2n) is 6.27. The van der Waals surface area contributed by atoms with Gasteiger partial charge in [0.2, 0.25) is 0 Å². The summed E-state index contributed by atoms with van der Waals surface area (Å²) in [4.78, 5) is 41.8. The van der Waals surface area contributed by atoms with Gasteiger partial charge in [0.25, 0.3) is 11.8 Å². The van der Waals surface area contributed by atoms with E-state index >= 15 is 0 Å². The van der Waals surface area contributed by atoms with Gasteiger partial charge in [0, 0.05) is 11.1 Å². The average molecular weight is 392 g/mol. The number of carboxylic acids is 1. The fourth-order valence-electron chi connectivity index (χ4n) is 2.94. The van der Waals surface area contributed by atoms with E-state index in [2.05, 4.69) is 10.3 Å². The summed E-state index contributed by atoms with van der Waals surface area (Å²) in [6, 6.07) is -0.742. The predicted octanol–water partition coefficient (Wildman–Crippen LogP) is 0.887. The molecular formula is C16H16N4O4S2. The lowest BCUT2D eigenvalue weighted by molar-refractivity contribution is -0.150. The zero-order valence-corrected chi connectivity index (χ0v) is 15.2. The third-order valence-corrected chi connectivity index (χ3v) is 6.28. The highest BCUT2D eigenvalue weighted by atomic mass is 32.2. The molecular weight excluding hydrogens is 376 g/mol. The molecule has 3 aliphatic rings. The molecule has 2 aliphatic heterocycles. The first-order valence-electron chi connectivity index (χ1n) is 8.08. The molecule has 4 N–H and O–H groups in total. The van der Waals surface area contributed by atoms with Crippen molar-refractivity contribution in [2.24, 2.45) is 5.92 Å². The van der Waals surface area contributed by atoms with Gasteiger partial charge in [0.05, 0.1) is 11.3 Å². The molecule has 10 heteroatoms. The van der Waals surface area contributed by atoms with Gasteiger partial charge in [-0.15, -0.1) is 23.1 Å². The second-order valence-corrected chi connectivity index (χ2v) is 8.31. The minimum Gasteiger partial charge on any atom is -0.477 e. The van der Waals surface area contributed by atoms with Crippen molar-refractivity contribution >= 4 is 51.6 Å². The summed E-state index contributed by atoms with van der Waals surface area (Å²) in [5.74, 6) is -1.10. The van der Waals surface area contributed by atoms with Crippen molar-refractivity contribution in [3.63, 3.8) is 0 Å². The summed E-state index contributed by atoms with van der Waals surface area (Å²) >= 11 is 2.68. The van der Waals surface area contributed by atoms with Crippen LogP contribution in [0.15, 0.2) is 23.2 Å². The van der Waals surface area contributed by atoms with Crippen LogP contribution in [0.1, 0.15) is 18.5 Å². The van der Waals surface area contributed by atoms with Crippen molar-refractivity contribution in [3.05, 3.63) is 28.9 Å². The summed E-state index contributed by atoms with van der Waals surface area (Å²) in [6.45, 7) is 0. The summed E-state index contributed by atoms with van der Waals surface area (Å²) in [5, 5.41) is 13.7. The number of rotatable bonds is 5. The number of thiazole rings is 1. The maximum Gasteiger partial charge on any atom is 0.352 e. The van der Waals surface area contributed by atoms with Crippen molar-refractivity contribution in [2.45, 2.75) is 24.3 Å². The smallest absolute Gasteiger partial charge is 0.352 e. The van der Waals surface area contributed by atoms with E-state index < -0.39 is 23.3 Å². The summed E-state index contributed by atoms with van der Waals surface area (Å²) in [6.07, 6.45) is 5.44. The number of thioether (sulfide) groups is 1. The highest BCUT2D eigenvalue weighted by Crippen LogP contribution is 2.38. The Bertz CT molecular complexity index is 858. The van der Waals surface area contributed by atoms with Gasteiger partial charge in [-0.2, -0.15) is 0 Å². The fraction of sp³-hybridized carbons (Fsp3) is 0.375. The number of carbonyl (C=O) groups is 3. The number of carbonyl (C=O) groups excluding carboxylic acids is 2. The molecule has 4 rings (SSSR count). The number of allylic oxidation sites excluding steroid dienone is 1. The lowest BCUT2D eigenvalue weighted by Gasteiger charge is -2.48. The fourth-order valence-corrected chi connectivity index (χ4v) is 4.70. The van der Waals surface area contributed by atoms with Crippen molar-refractivity contribution in [2.75, 3.05) is 11.5 Å². The molecule has 26 heavy (non-hydrogen) atoms. The molecule has 0 spiro atoms. The van der Waals surface area contributed by atoms with Gasteiger partial charge in [-0.05, 0) is 24.8 Å². The van der Waals surface area contributed by atoms with E-state index in [9.17, 15) is 19.5 Å². The number of nitrogens with two attached hydrogens (primary N) is 1. The zero-order chi connectivity index (χ0) is 18.4. The molecule has 1 saturated carbocycles. The molecule has 2 amide bonds. The van der Waals surface area contributed by atoms with Gasteiger partial charge in [0.15, 0.2) is 5.13 Å². The Balaban J connectivity index is 1.52. The number of hydrogen-bond acceptors (Lipinski definition) is 7. The number of β-lactam (4-membered cyclic amide) rings is 1. The number of aromatic nitrogens is 1. The van der Waals surface area contributed by atoms with Gasteiger partial charge < -0.3 is 16.2 Å². The number of nitrogen functional groups attached to an aromatic ring is 1. The monoisotopic (exact) mass is 392 g/mol. The maximum absolute atomic E-state index is 12.8. The standard InChI is InChI=1S/C16H16N4O4S2/c17-16-18-9(6-26-16)8(5-7-1-2-7)12(21)19-11-13(22)20-10(15(23)24)3-4-25-14(11)20/h3,5-7,11,14H,1-2,4H2,(H2,17,18)(H,19,21)(H,23,24)/b8-5-/t11-,14-/m1/s1. The lowest BCUT2D eigenvalue weighted by Crippen LogP contribution is -2.70. The van der Waals surface area contributed by atoms with E-state index in [0.29, 0.717) is 28.1 Å². The van der Waals surface area contributed by atoms with Gasteiger partial charge in [-0.3, -0.25) is 14.5 Å². The van der Waals surface area contributed by atoms with Crippen LogP contribution in [0.25, 0.3) is 5.57 Å². The number of fused-ring (bicyclic) bond motifs is 1. The molecule has 3 heterocycles. The predicted molar refractivity (Wildman–Crippen MR) is 98.0 cm³/mol. The van der Waals surface area contributed by atoms with Crippen LogP contribution < -0.4 is 11.1 Å². The number of amides is 2. The first-order valence-corrected chi connectivity index (χ1v) is 10.0. The number of aliphatic carboxylic acids is 1. The minimum atomic E-state index is -1.14. The first kappa shape index (κ1) is 17.1. The normalized spacial score (nSPS) is 25.2. The number of hydrogen-bond donors (Lipinski definition) is 3. The lowest BCUT2D eigenvalue weighted by atomic mass is 10.0. The van der Waals surface area contributed by atoms with Crippen LogP contribution in [0.4, 0.5) is 5.13 Å². The Hall–Kier alpha value is -2.33. The van der Waals surface area contributed by atoms with Crippen LogP contribution in [0.3, 0.4) is 0 Å². The molecule has 136 valence electrons. The Labute approximate surface area is 157 Å². The van der Waals surface area contributed by atoms with E-state index in [1.165, 1.54) is 34.1 Å². The molecule has 0 radical (unpaired) electrons. The van der Waals surface area contributed by atoms with Gasteiger partial charge in [-0.1, -0.05) is 6.08 Å². The molecule has 0 unspecified atom stereocenters. The number of nitrogens with one attached hydrogen (secondary N) is 1. The molecule has 1 aliphatic carbocycles. The molecule has 1 saturated heterocycles. The molecule has 0 aromatic carbocycles. The van der Waals surface area contributed by atoms with Crippen LogP contribution in [0.2, 0.25) is 0 Å². The van der Waals surface area contributed by atoms with Crippen LogP contribution in [0, 0.1) is 5.92 Å². The highest BCUT2D eigenvalue weighted by Gasteiger charge is 2.52. The van der Waals surface area contributed by atoms with Crippen molar-refractivity contribution < 1.29 is 19.5 Å². The quantitative estimate of drug-likeness (QED) is 0.502. The molecule has 2 atom stereocenters. The van der Waals surface area contributed by atoms with Gasteiger partial charge in [-0.25, -0.2) is 9.78 Å². The number of carboxylic acid groups (broad SMARTS) is 1.